The maximum atomic E-state index is 9.33. The average Bonchev–Trinajstić information content (AvgIpc) is 2.75. The van der Waals surface area contributed by atoms with Gasteiger partial charge in [-0.1, -0.05) is 76.9 Å². The predicted molar refractivity (Wildman–Crippen MR) is 133 cm³/mol. The largest absolute Gasteiger partial charge is 0.397 e. The van der Waals surface area contributed by atoms with Gasteiger partial charge in [-0.25, -0.2) is 0 Å². The molecule has 0 aliphatic carbocycles. The first kappa shape index (κ1) is 33.7. The van der Waals surface area contributed by atoms with Gasteiger partial charge >= 0.3 is 10.4 Å². The minimum absolute atomic E-state index is 0.228. The molecular weight excluding hydrogens is 430 g/mol. The summed E-state index contributed by atoms with van der Waals surface area (Å²) < 4.78 is 35.3. The number of hydrogen-bond donors (Lipinski definition) is 2. The van der Waals surface area contributed by atoms with E-state index in [0.29, 0.717) is 0 Å². The van der Waals surface area contributed by atoms with Crippen LogP contribution in [0.1, 0.15) is 96.8 Å². The number of aliphatic hydroxyl groups is 1. The Morgan fingerprint density at radius 3 is 1.72 bits per heavy atom. The Bertz CT molecular complexity index is 485. The van der Waals surface area contributed by atoms with Crippen LogP contribution in [0.4, 0.5) is 0 Å². The molecule has 0 amide bonds. The van der Waals surface area contributed by atoms with Crippen molar-refractivity contribution in [2.75, 3.05) is 47.1 Å². The van der Waals surface area contributed by atoms with E-state index in [1.165, 1.54) is 89.9 Å². The van der Waals surface area contributed by atoms with Crippen molar-refractivity contribution in [1.29, 1.82) is 0 Å². The van der Waals surface area contributed by atoms with Gasteiger partial charge in [-0.05, 0) is 39.2 Å². The quantitative estimate of drug-likeness (QED) is 0.121. The van der Waals surface area contributed by atoms with Crippen LogP contribution in [0.2, 0.25) is 0 Å². The number of rotatable bonds is 22. The van der Waals surface area contributed by atoms with Crippen LogP contribution in [0.3, 0.4) is 0 Å². The van der Waals surface area contributed by atoms with Crippen molar-refractivity contribution in [3.8, 4) is 0 Å². The molecule has 0 fully saturated rings. The van der Waals surface area contributed by atoms with Gasteiger partial charge in [0.15, 0.2) is 0 Å². The zero-order valence-electron chi connectivity index (χ0n) is 21.0. The molecule has 0 heterocycles. The Morgan fingerprint density at radius 2 is 1.25 bits per heavy atom. The highest BCUT2D eigenvalue weighted by Crippen LogP contribution is 2.10. The molecule has 0 rings (SSSR count). The highest BCUT2D eigenvalue weighted by molar-refractivity contribution is 7.80. The second-order valence-electron chi connectivity index (χ2n) is 8.17. The molecule has 0 aliphatic heterocycles. The average molecular weight is 482 g/mol. The minimum atomic E-state index is -4.16. The molecule has 0 bridgehead atoms. The molecule has 8 heteroatoms. The van der Waals surface area contributed by atoms with Crippen LogP contribution in [-0.2, 0) is 19.3 Å². The SMILES string of the molecule is CCCCCCCC/C=C\CCCCCCCCOCCN(C)CCO.COS(=O)(=O)O. The van der Waals surface area contributed by atoms with E-state index in [1.807, 2.05) is 7.05 Å². The van der Waals surface area contributed by atoms with Crippen LogP contribution in [0.25, 0.3) is 0 Å². The monoisotopic (exact) mass is 481 g/mol. The number of nitrogens with zero attached hydrogens (tertiary/aromatic N) is 1. The first-order chi connectivity index (χ1) is 15.4. The van der Waals surface area contributed by atoms with E-state index < -0.39 is 10.4 Å². The molecule has 0 saturated carbocycles. The fourth-order valence-corrected chi connectivity index (χ4v) is 3.06. The van der Waals surface area contributed by atoms with Gasteiger partial charge < -0.3 is 14.7 Å². The summed E-state index contributed by atoms with van der Waals surface area (Å²) in [4.78, 5) is 2.10. The van der Waals surface area contributed by atoms with Crippen LogP contribution < -0.4 is 0 Å². The van der Waals surface area contributed by atoms with Gasteiger partial charge in [0.25, 0.3) is 0 Å². The van der Waals surface area contributed by atoms with E-state index >= 15 is 0 Å². The zero-order chi connectivity index (χ0) is 24.3. The molecule has 0 unspecified atom stereocenters. The number of unbranched alkanes of at least 4 members (excludes halogenated alkanes) is 12. The van der Waals surface area contributed by atoms with Crippen LogP contribution >= 0.6 is 0 Å². The molecule has 32 heavy (non-hydrogen) atoms. The van der Waals surface area contributed by atoms with Crippen molar-refractivity contribution in [3.05, 3.63) is 12.2 Å². The summed E-state index contributed by atoms with van der Waals surface area (Å²) in [5.41, 5.74) is 0. The number of ether oxygens (including phenoxy) is 1. The fourth-order valence-electron chi connectivity index (χ4n) is 3.06. The standard InChI is InChI=1S/C23H47NO2.CH4O4S/c1-3-4-5-6-7-8-9-10-11-12-13-14-15-16-17-18-22-26-23-20-24(2)19-21-25;1-5-6(2,3)4/h10-11,25H,3-9,12-23H2,1-2H3;1H3,(H,2,3,4)/b11-10-;. The third-order valence-electron chi connectivity index (χ3n) is 5.11. The van der Waals surface area contributed by atoms with Crippen molar-refractivity contribution in [3.63, 3.8) is 0 Å². The normalized spacial score (nSPS) is 11.8. The van der Waals surface area contributed by atoms with Crippen LogP contribution in [0, 0.1) is 0 Å². The summed E-state index contributed by atoms with van der Waals surface area (Å²) in [6.07, 6.45) is 23.6. The van der Waals surface area contributed by atoms with Gasteiger partial charge in [0.05, 0.1) is 20.3 Å². The molecule has 0 aliphatic rings. The predicted octanol–water partition coefficient (Wildman–Crippen LogP) is 5.40. The molecule has 2 N–H and O–H groups in total. The lowest BCUT2D eigenvalue weighted by atomic mass is 10.1. The minimum Gasteiger partial charge on any atom is -0.395 e. The maximum absolute atomic E-state index is 9.33. The first-order valence-electron chi connectivity index (χ1n) is 12.4. The summed E-state index contributed by atoms with van der Waals surface area (Å²) in [5.74, 6) is 0. The summed E-state index contributed by atoms with van der Waals surface area (Å²) in [6.45, 7) is 5.81. The molecule has 194 valence electrons. The fraction of sp³-hybridized carbons (Fsp3) is 0.917. The second kappa shape index (κ2) is 26.7. The molecule has 7 nitrogen and oxygen atoms in total. The Hall–Kier alpha value is -0.510. The molecule has 0 spiro atoms. The van der Waals surface area contributed by atoms with Crippen molar-refractivity contribution in [1.82, 2.24) is 4.90 Å². The summed E-state index contributed by atoms with van der Waals surface area (Å²) in [5, 5.41) is 8.81. The van der Waals surface area contributed by atoms with E-state index in [-0.39, 0.29) is 6.61 Å². The molecule has 0 atom stereocenters. The molecule has 0 aromatic carbocycles. The maximum Gasteiger partial charge on any atom is 0.397 e. The van der Waals surface area contributed by atoms with E-state index in [1.54, 1.807) is 0 Å². The number of aliphatic hydroxyl groups excluding tert-OH is 1. The van der Waals surface area contributed by atoms with Crippen LogP contribution in [-0.4, -0.2) is 70.0 Å². The third kappa shape index (κ3) is 34.1. The third-order valence-corrected chi connectivity index (χ3v) is 5.53. The Labute approximate surface area is 198 Å². The molecule has 0 aromatic heterocycles. The highest BCUT2D eigenvalue weighted by Gasteiger charge is 1.97. The van der Waals surface area contributed by atoms with Crippen molar-refractivity contribution >= 4 is 10.4 Å². The van der Waals surface area contributed by atoms with E-state index in [2.05, 4.69) is 28.2 Å². The molecule has 0 saturated heterocycles. The Morgan fingerprint density at radius 1 is 0.781 bits per heavy atom. The van der Waals surface area contributed by atoms with E-state index in [0.717, 1.165) is 33.4 Å². The number of hydrogen-bond acceptors (Lipinski definition) is 6. The highest BCUT2D eigenvalue weighted by atomic mass is 32.3. The first-order valence-corrected chi connectivity index (χ1v) is 13.8. The molecular formula is C24H51NO6S. The van der Waals surface area contributed by atoms with E-state index in [9.17, 15) is 8.42 Å². The number of likely N-dealkylation sites (N-methyl/N-ethyl adjacent to an activating group) is 1. The molecule has 0 aromatic rings. The number of allylic oxidation sites excluding steroid dienone is 2. The van der Waals surface area contributed by atoms with Gasteiger partial charge in [0, 0.05) is 19.7 Å². The summed E-state index contributed by atoms with van der Waals surface area (Å²) in [7, 11) is -1.27. The van der Waals surface area contributed by atoms with Gasteiger partial charge in [0.2, 0.25) is 0 Å². The Kier molecular flexibility index (Phi) is 28.1. The lowest BCUT2D eigenvalue weighted by Gasteiger charge is -2.14. The van der Waals surface area contributed by atoms with E-state index in [4.69, 9.17) is 14.4 Å². The molecule has 0 radical (unpaired) electrons. The van der Waals surface area contributed by atoms with Crippen molar-refractivity contribution in [2.45, 2.75) is 96.8 Å². The summed E-state index contributed by atoms with van der Waals surface area (Å²) in [6, 6.07) is 0. The van der Waals surface area contributed by atoms with Crippen molar-refractivity contribution < 1.29 is 27.0 Å². The van der Waals surface area contributed by atoms with Crippen LogP contribution in [0.5, 0.6) is 0 Å². The summed E-state index contributed by atoms with van der Waals surface area (Å²) >= 11 is 0. The lowest BCUT2D eigenvalue weighted by Crippen LogP contribution is -2.26. The van der Waals surface area contributed by atoms with Gasteiger partial charge in [-0.15, -0.1) is 0 Å². The smallest absolute Gasteiger partial charge is 0.395 e. The zero-order valence-corrected chi connectivity index (χ0v) is 21.8. The van der Waals surface area contributed by atoms with Gasteiger partial charge in [-0.2, -0.15) is 8.42 Å². The van der Waals surface area contributed by atoms with Crippen LogP contribution in [0.15, 0.2) is 12.2 Å². The second-order valence-corrected chi connectivity index (χ2v) is 9.36. The Balaban J connectivity index is 0. The lowest BCUT2D eigenvalue weighted by molar-refractivity contribution is 0.102. The topological polar surface area (TPSA) is 96.3 Å². The van der Waals surface area contributed by atoms with Gasteiger partial charge in [-0.3, -0.25) is 8.74 Å². The van der Waals surface area contributed by atoms with Gasteiger partial charge in [0.1, 0.15) is 0 Å². The van der Waals surface area contributed by atoms with Crippen molar-refractivity contribution in [2.24, 2.45) is 0 Å².